The fourth-order valence-corrected chi connectivity index (χ4v) is 2.58. The van der Waals surface area contributed by atoms with Crippen molar-refractivity contribution in [2.45, 2.75) is 6.04 Å². The minimum atomic E-state index is -0.263. The van der Waals surface area contributed by atoms with Gasteiger partial charge in [0.15, 0.2) is 18.1 Å². The van der Waals surface area contributed by atoms with Gasteiger partial charge in [-0.3, -0.25) is 4.79 Å². The number of amides is 1. The van der Waals surface area contributed by atoms with Crippen molar-refractivity contribution < 1.29 is 14.6 Å². The van der Waals surface area contributed by atoms with Crippen molar-refractivity contribution in [3.63, 3.8) is 0 Å². The topological polar surface area (TPSA) is 58.6 Å². The SMILES string of the molecule is O=C(COc1ccccc1O)NC(c1ccccc1)c1ccccc1. The number of ether oxygens (including phenoxy) is 1. The molecular formula is C21H19NO3. The van der Waals surface area contributed by atoms with Crippen LogP contribution in [-0.4, -0.2) is 17.6 Å². The highest BCUT2D eigenvalue weighted by Crippen LogP contribution is 2.25. The number of phenols is 1. The molecule has 0 unspecified atom stereocenters. The van der Waals surface area contributed by atoms with E-state index in [-0.39, 0.29) is 30.1 Å². The first-order valence-corrected chi connectivity index (χ1v) is 8.04. The minimum Gasteiger partial charge on any atom is -0.504 e. The number of carbonyl (C=O) groups excluding carboxylic acids is 1. The largest absolute Gasteiger partial charge is 0.504 e. The maximum atomic E-state index is 12.4. The van der Waals surface area contributed by atoms with Crippen LogP contribution in [0.4, 0.5) is 0 Å². The number of para-hydroxylation sites is 2. The maximum Gasteiger partial charge on any atom is 0.258 e. The van der Waals surface area contributed by atoms with Gasteiger partial charge in [0, 0.05) is 0 Å². The Balaban J connectivity index is 1.72. The van der Waals surface area contributed by atoms with Crippen LogP contribution in [0.25, 0.3) is 0 Å². The van der Waals surface area contributed by atoms with Gasteiger partial charge in [-0.1, -0.05) is 72.8 Å². The molecule has 0 aromatic heterocycles. The van der Waals surface area contributed by atoms with E-state index in [0.29, 0.717) is 0 Å². The molecule has 3 aromatic rings. The smallest absolute Gasteiger partial charge is 0.258 e. The van der Waals surface area contributed by atoms with Crippen LogP contribution >= 0.6 is 0 Å². The number of nitrogens with one attached hydrogen (secondary N) is 1. The molecule has 0 heterocycles. The number of hydrogen-bond donors (Lipinski definition) is 2. The van der Waals surface area contributed by atoms with E-state index in [1.807, 2.05) is 60.7 Å². The Morgan fingerprint density at radius 2 is 1.36 bits per heavy atom. The zero-order chi connectivity index (χ0) is 17.5. The average molecular weight is 333 g/mol. The molecule has 0 fully saturated rings. The van der Waals surface area contributed by atoms with Gasteiger partial charge in [0.05, 0.1) is 6.04 Å². The van der Waals surface area contributed by atoms with Crippen LogP contribution in [-0.2, 0) is 4.79 Å². The van der Waals surface area contributed by atoms with E-state index >= 15 is 0 Å². The zero-order valence-electron chi connectivity index (χ0n) is 13.6. The molecule has 0 aliphatic heterocycles. The normalized spacial score (nSPS) is 10.4. The molecule has 4 nitrogen and oxygen atoms in total. The van der Waals surface area contributed by atoms with E-state index in [1.165, 1.54) is 6.07 Å². The van der Waals surface area contributed by atoms with Gasteiger partial charge in [0.2, 0.25) is 0 Å². The van der Waals surface area contributed by atoms with Crippen molar-refractivity contribution in [2.24, 2.45) is 0 Å². The third kappa shape index (κ3) is 4.38. The van der Waals surface area contributed by atoms with Crippen molar-refractivity contribution in [2.75, 3.05) is 6.61 Å². The summed E-state index contributed by atoms with van der Waals surface area (Å²) >= 11 is 0. The van der Waals surface area contributed by atoms with Crippen molar-refractivity contribution in [1.82, 2.24) is 5.32 Å². The summed E-state index contributed by atoms with van der Waals surface area (Å²) in [5.74, 6) is 0.0348. The molecule has 3 aromatic carbocycles. The van der Waals surface area contributed by atoms with Crippen LogP contribution in [0.1, 0.15) is 17.2 Å². The van der Waals surface area contributed by atoms with Gasteiger partial charge in [-0.2, -0.15) is 0 Å². The number of benzene rings is 3. The van der Waals surface area contributed by atoms with Crippen molar-refractivity contribution in [3.05, 3.63) is 96.1 Å². The molecule has 0 aliphatic rings. The lowest BCUT2D eigenvalue weighted by molar-refractivity contribution is -0.123. The van der Waals surface area contributed by atoms with Crippen LogP contribution in [0.3, 0.4) is 0 Å². The summed E-state index contributed by atoms with van der Waals surface area (Å²) in [4.78, 5) is 12.4. The van der Waals surface area contributed by atoms with Crippen LogP contribution in [0.5, 0.6) is 11.5 Å². The molecule has 2 N–H and O–H groups in total. The Labute approximate surface area is 146 Å². The summed E-state index contributed by atoms with van der Waals surface area (Å²) in [6.45, 7) is -0.173. The molecule has 0 atom stereocenters. The average Bonchev–Trinajstić information content (AvgIpc) is 2.67. The van der Waals surface area contributed by atoms with Gasteiger partial charge in [-0.15, -0.1) is 0 Å². The summed E-state index contributed by atoms with van der Waals surface area (Å²) in [5.41, 5.74) is 1.98. The summed E-state index contributed by atoms with van der Waals surface area (Å²) in [5, 5.41) is 12.7. The lowest BCUT2D eigenvalue weighted by Crippen LogP contribution is -2.33. The third-order valence-electron chi connectivity index (χ3n) is 3.80. The van der Waals surface area contributed by atoms with E-state index in [9.17, 15) is 9.90 Å². The molecule has 25 heavy (non-hydrogen) atoms. The molecule has 0 saturated heterocycles. The summed E-state index contributed by atoms with van der Waals surface area (Å²) < 4.78 is 5.41. The Hall–Kier alpha value is -3.27. The molecule has 0 saturated carbocycles. The maximum absolute atomic E-state index is 12.4. The lowest BCUT2D eigenvalue weighted by atomic mass is 9.99. The monoisotopic (exact) mass is 333 g/mol. The van der Waals surface area contributed by atoms with Crippen LogP contribution in [0.2, 0.25) is 0 Å². The van der Waals surface area contributed by atoms with E-state index < -0.39 is 0 Å². The second-order valence-corrected chi connectivity index (χ2v) is 5.58. The minimum absolute atomic E-state index is 0.0120. The molecule has 4 heteroatoms. The molecule has 126 valence electrons. The summed E-state index contributed by atoms with van der Waals surface area (Å²) in [6, 6.07) is 25.8. The van der Waals surface area contributed by atoms with Crippen LogP contribution in [0, 0.1) is 0 Å². The van der Waals surface area contributed by atoms with Gasteiger partial charge < -0.3 is 15.2 Å². The lowest BCUT2D eigenvalue weighted by Gasteiger charge is -2.20. The Bertz CT molecular complexity index is 779. The second-order valence-electron chi connectivity index (χ2n) is 5.58. The molecule has 0 bridgehead atoms. The number of phenolic OH excluding ortho intramolecular Hbond substituents is 1. The van der Waals surface area contributed by atoms with Crippen molar-refractivity contribution in [1.29, 1.82) is 0 Å². The predicted molar refractivity (Wildman–Crippen MR) is 96.5 cm³/mol. The second kappa shape index (κ2) is 8.02. The Morgan fingerprint density at radius 1 is 0.840 bits per heavy atom. The number of hydrogen-bond acceptors (Lipinski definition) is 3. The van der Waals surface area contributed by atoms with Gasteiger partial charge in [-0.05, 0) is 23.3 Å². The van der Waals surface area contributed by atoms with E-state index in [2.05, 4.69) is 5.32 Å². The first-order chi connectivity index (χ1) is 12.2. The number of carbonyl (C=O) groups is 1. The van der Waals surface area contributed by atoms with Crippen molar-refractivity contribution in [3.8, 4) is 11.5 Å². The molecule has 0 aliphatic carbocycles. The van der Waals surface area contributed by atoms with Gasteiger partial charge >= 0.3 is 0 Å². The van der Waals surface area contributed by atoms with Gasteiger partial charge in [-0.25, -0.2) is 0 Å². The van der Waals surface area contributed by atoms with E-state index in [4.69, 9.17) is 4.74 Å². The fraction of sp³-hybridized carbons (Fsp3) is 0.0952. The summed E-state index contributed by atoms with van der Waals surface area (Å²) in [7, 11) is 0. The molecule has 0 radical (unpaired) electrons. The molecule has 1 amide bonds. The standard InChI is InChI=1S/C21H19NO3/c23-18-13-7-8-14-19(18)25-15-20(24)22-21(16-9-3-1-4-10-16)17-11-5-2-6-12-17/h1-14,21,23H,15H2,(H,22,24). The Morgan fingerprint density at radius 3 is 1.92 bits per heavy atom. The summed E-state index contributed by atoms with van der Waals surface area (Å²) in [6.07, 6.45) is 0. The molecule has 3 rings (SSSR count). The van der Waals surface area contributed by atoms with Crippen LogP contribution in [0.15, 0.2) is 84.9 Å². The van der Waals surface area contributed by atoms with Crippen LogP contribution < -0.4 is 10.1 Å². The van der Waals surface area contributed by atoms with E-state index in [1.54, 1.807) is 18.2 Å². The van der Waals surface area contributed by atoms with Crippen molar-refractivity contribution >= 4 is 5.91 Å². The third-order valence-corrected chi connectivity index (χ3v) is 3.80. The first-order valence-electron chi connectivity index (χ1n) is 8.04. The highest BCUT2D eigenvalue weighted by Gasteiger charge is 2.17. The first kappa shape index (κ1) is 16.6. The zero-order valence-corrected chi connectivity index (χ0v) is 13.6. The highest BCUT2D eigenvalue weighted by atomic mass is 16.5. The number of aromatic hydroxyl groups is 1. The van der Waals surface area contributed by atoms with Gasteiger partial charge in [0.1, 0.15) is 0 Å². The molecule has 0 spiro atoms. The predicted octanol–water partition coefficient (Wildman–Crippen LogP) is 3.68. The Kier molecular flexibility index (Phi) is 5.32. The highest BCUT2D eigenvalue weighted by molar-refractivity contribution is 5.78. The number of rotatable bonds is 6. The fourth-order valence-electron chi connectivity index (χ4n) is 2.58. The quantitative estimate of drug-likeness (QED) is 0.723. The van der Waals surface area contributed by atoms with E-state index in [0.717, 1.165) is 11.1 Å². The molecular weight excluding hydrogens is 314 g/mol. The van der Waals surface area contributed by atoms with Gasteiger partial charge in [0.25, 0.3) is 5.91 Å².